The lowest BCUT2D eigenvalue weighted by atomic mass is 10.1. The normalized spacial score (nSPS) is 25.7. The molecule has 1 fully saturated rings. The zero-order chi connectivity index (χ0) is 12.3. The Bertz CT molecular complexity index is 344. The van der Waals surface area contributed by atoms with E-state index in [1.165, 1.54) is 17.7 Å². The Morgan fingerprint density at radius 3 is 2.59 bits per heavy atom. The van der Waals surface area contributed by atoms with Gasteiger partial charge in [0.1, 0.15) is 0 Å². The number of anilines is 1. The van der Waals surface area contributed by atoms with Gasteiger partial charge < -0.3 is 10.2 Å². The molecule has 1 heterocycles. The summed E-state index contributed by atoms with van der Waals surface area (Å²) in [5.74, 6) is 0. The van der Waals surface area contributed by atoms with Gasteiger partial charge in [-0.25, -0.2) is 0 Å². The highest BCUT2D eigenvalue weighted by molar-refractivity contribution is 5.49. The van der Waals surface area contributed by atoms with Crippen molar-refractivity contribution in [2.45, 2.75) is 45.7 Å². The molecule has 0 aromatic heterocycles. The first-order valence-corrected chi connectivity index (χ1v) is 6.79. The van der Waals surface area contributed by atoms with Gasteiger partial charge in [0, 0.05) is 24.3 Å². The van der Waals surface area contributed by atoms with Crippen molar-refractivity contribution in [2.75, 3.05) is 18.0 Å². The maximum absolute atomic E-state index is 3.56. The maximum Gasteiger partial charge on any atom is 0.0369 e. The molecule has 0 saturated carbocycles. The van der Waals surface area contributed by atoms with Gasteiger partial charge in [0.15, 0.2) is 0 Å². The zero-order valence-corrected chi connectivity index (χ0v) is 11.2. The quantitative estimate of drug-likeness (QED) is 0.843. The monoisotopic (exact) mass is 232 g/mol. The molecule has 0 spiro atoms. The van der Waals surface area contributed by atoms with E-state index >= 15 is 0 Å². The summed E-state index contributed by atoms with van der Waals surface area (Å²) < 4.78 is 0. The number of aryl methyl sites for hydroxylation is 1. The molecule has 0 radical (unpaired) electrons. The van der Waals surface area contributed by atoms with Gasteiger partial charge >= 0.3 is 0 Å². The van der Waals surface area contributed by atoms with Crippen LogP contribution in [0, 0.1) is 0 Å². The van der Waals surface area contributed by atoms with Crippen LogP contribution in [0.1, 0.15) is 32.8 Å². The summed E-state index contributed by atoms with van der Waals surface area (Å²) in [4.78, 5) is 2.53. The molecule has 1 saturated heterocycles. The highest BCUT2D eigenvalue weighted by Crippen LogP contribution is 2.21. The molecule has 2 nitrogen and oxygen atoms in total. The van der Waals surface area contributed by atoms with Crippen LogP contribution < -0.4 is 10.2 Å². The van der Waals surface area contributed by atoms with Crippen LogP contribution in [0.15, 0.2) is 24.3 Å². The summed E-state index contributed by atoms with van der Waals surface area (Å²) in [7, 11) is 0. The molecule has 1 aromatic rings. The first-order chi connectivity index (χ1) is 8.20. The molecule has 1 aliphatic rings. The zero-order valence-electron chi connectivity index (χ0n) is 11.2. The highest BCUT2D eigenvalue weighted by atomic mass is 15.2. The second-order valence-corrected chi connectivity index (χ2v) is 5.17. The van der Waals surface area contributed by atoms with Gasteiger partial charge in [-0.3, -0.25) is 0 Å². The molecule has 1 N–H and O–H groups in total. The van der Waals surface area contributed by atoms with Crippen LogP contribution in [0.4, 0.5) is 5.69 Å². The Kier molecular flexibility index (Phi) is 4.06. The average Bonchev–Trinajstić information content (AvgIpc) is 2.51. The minimum Gasteiger partial charge on any atom is -0.367 e. The molecule has 0 aliphatic carbocycles. The molecule has 1 aliphatic heterocycles. The fourth-order valence-corrected chi connectivity index (χ4v) is 2.52. The fourth-order valence-electron chi connectivity index (χ4n) is 2.52. The topological polar surface area (TPSA) is 15.3 Å². The highest BCUT2D eigenvalue weighted by Gasteiger charge is 2.20. The first-order valence-electron chi connectivity index (χ1n) is 6.79. The van der Waals surface area contributed by atoms with Crippen LogP contribution in [0.5, 0.6) is 0 Å². The van der Waals surface area contributed by atoms with Crippen molar-refractivity contribution in [3.8, 4) is 0 Å². The van der Waals surface area contributed by atoms with Crippen LogP contribution >= 0.6 is 0 Å². The van der Waals surface area contributed by atoms with Crippen molar-refractivity contribution in [3.63, 3.8) is 0 Å². The number of nitrogens with zero attached hydrogens (tertiary/aromatic N) is 1. The third kappa shape index (κ3) is 3.01. The Morgan fingerprint density at radius 1 is 1.24 bits per heavy atom. The van der Waals surface area contributed by atoms with Gasteiger partial charge in [-0.15, -0.1) is 0 Å². The van der Waals surface area contributed by atoms with E-state index in [2.05, 4.69) is 55.3 Å². The standard InChI is InChI=1S/C15H24N2/c1-4-14-5-7-15(8-6-14)17-11-12(2)16-10-9-13(17)3/h5-8,12-13,16H,4,9-11H2,1-3H3. The van der Waals surface area contributed by atoms with Crippen molar-refractivity contribution in [1.82, 2.24) is 5.32 Å². The Balaban J connectivity index is 2.17. The van der Waals surface area contributed by atoms with Gasteiger partial charge in [-0.1, -0.05) is 19.1 Å². The van der Waals surface area contributed by atoms with Crippen molar-refractivity contribution in [3.05, 3.63) is 29.8 Å². The summed E-state index contributed by atoms with van der Waals surface area (Å²) in [5, 5.41) is 3.56. The van der Waals surface area contributed by atoms with Gasteiger partial charge in [0.2, 0.25) is 0 Å². The second-order valence-electron chi connectivity index (χ2n) is 5.17. The van der Waals surface area contributed by atoms with Crippen molar-refractivity contribution in [1.29, 1.82) is 0 Å². The predicted molar refractivity (Wildman–Crippen MR) is 74.7 cm³/mol. The molecule has 2 heteroatoms. The average molecular weight is 232 g/mol. The third-order valence-corrected chi connectivity index (χ3v) is 3.73. The van der Waals surface area contributed by atoms with Gasteiger partial charge in [0.25, 0.3) is 0 Å². The first kappa shape index (κ1) is 12.4. The number of hydrogen-bond acceptors (Lipinski definition) is 2. The molecule has 2 atom stereocenters. The van der Waals surface area contributed by atoms with Crippen LogP contribution in [-0.4, -0.2) is 25.2 Å². The molecule has 0 amide bonds. The van der Waals surface area contributed by atoms with Crippen molar-refractivity contribution in [2.24, 2.45) is 0 Å². The molecule has 17 heavy (non-hydrogen) atoms. The van der Waals surface area contributed by atoms with E-state index in [1.54, 1.807) is 0 Å². The molecule has 2 rings (SSSR count). The van der Waals surface area contributed by atoms with E-state index in [4.69, 9.17) is 0 Å². The molecule has 1 aromatic carbocycles. The van der Waals surface area contributed by atoms with Gasteiger partial charge in [-0.2, -0.15) is 0 Å². The summed E-state index contributed by atoms with van der Waals surface area (Å²) in [5.41, 5.74) is 2.78. The van der Waals surface area contributed by atoms with E-state index in [9.17, 15) is 0 Å². The lowest BCUT2D eigenvalue weighted by molar-refractivity contribution is 0.585. The summed E-state index contributed by atoms with van der Waals surface area (Å²) in [6, 6.07) is 10.3. The largest absolute Gasteiger partial charge is 0.367 e. The smallest absolute Gasteiger partial charge is 0.0369 e. The predicted octanol–water partition coefficient (Wildman–Crippen LogP) is 2.83. The van der Waals surface area contributed by atoms with Crippen LogP contribution in [0.25, 0.3) is 0 Å². The number of rotatable bonds is 2. The number of nitrogens with one attached hydrogen (secondary N) is 1. The van der Waals surface area contributed by atoms with E-state index in [0.717, 1.165) is 19.5 Å². The van der Waals surface area contributed by atoms with Gasteiger partial charge in [0.05, 0.1) is 0 Å². The maximum atomic E-state index is 3.56. The summed E-state index contributed by atoms with van der Waals surface area (Å²) >= 11 is 0. The Morgan fingerprint density at radius 2 is 1.94 bits per heavy atom. The van der Waals surface area contributed by atoms with E-state index in [0.29, 0.717) is 12.1 Å². The van der Waals surface area contributed by atoms with Crippen LogP contribution in [-0.2, 0) is 6.42 Å². The van der Waals surface area contributed by atoms with Gasteiger partial charge in [-0.05, 0) is 50.9 Å². The molecular formula is C15H24N2. The van der Waals surface area contributed by atoms with Crippen molar-refractivity contribution < 1.29 is 0 Å². The van der Waals surface area contributed by atoms with E-state index in [1.807, 2.05) is 0 Å². The second kappa shape index (κ2) is 5.54. The molecular weight excluding hydrogens is 208 g/mol. The molecule has 0 bridgehead atoms. The Hall–Kier alpha value is -1.02. The van der Waals surface area contributed by atoms with E-state index in [-0.39, 0.29) is 0 Å². The van der Waals surface area contributed by atoms with Crippen LogP contribution in [0.3, 0.4) is 0 Å². The van der Waals surface area contributed by atoms with E-state index < -0.39 is 0 Å². The van der Waals surface area contributed by atoms with Crippen molar-refractivity contribution >= 4 is 5.69 Å². The summed E-state index contributed by atoms with van der Waals surface area (Å²) in [6.07, 6.45) is 2.34. The minimum absolute atomic E-state index is 0.575. The third-order valence-electron chi connectivity index (χ3n) is 3.73. The fraction of sp³-hybridized carbons (Fsp3) is 0.600. The number of benzene rings is 1. The minimum atomic E-state index is 0.575. The molecule has 94 valence electrons. The van der Waals surface area contributed by atoms with Crippen LogP contribution in [0.2, 0.25) is 0 Å². The lowest BCUT2D eigenvalue weighted by Crippen LogP contribution is -2.38. The Labute approximate surface area is 105 Å². The lowest BCUT2D eigenvalue weighted by Gasteiger charge is -2.30. The number of hydrogen-bond donors (Lipinski definition) is 1. The SMILES string of the molecule is CCc1ccc(N2CC(C)NCCC2C)cc1. The summed E-state index contributed by atoms with van der Waals surface area (Å²) in [6.45, 7) is 9.03. The molecule has 2 unspecified atom stereocenters.